The third-order valence-corrected chi connectivity index (χ3v) is 4.74. The molecule has 0 aliphatic rings. The summed E-state index contributed by atoms with van der Waals surface area (Å²) in [6.07, 6.45) is 1.00. The SMILES string of the molecule is CS(=O)(=O)c1ccc(Cl)c(C(=O)OCC(=O)Nc2ccc(Cl)cc2)c1. The van der Waals surface area contributed by atoms with Crippen LogP contribution in [0.2, 0.25) is 10.0 Å². The van der Waals surface area contributed by atoms with Crippen LogP contribution < -0.4 is 5.32 Å². The van der Waals surface area contributed by atoms with Gasteiger partial charge in [0, 0.05) is 17.0 Å². The number of rotatable bonds is 5. The Morgan fingerprint density at radius 2 is 1.72 bits per heavy atom. The minimum absolute atomic E-state index is 0.0236. The molecule has 0 atom stereocenters. The Labute approximate surface area is 154 Å². The number of anilines is 1. The highest BCUT2D eigenvalue weighted by Crippen LogP contribution is 2.21. The maximum atomic E-state index is 12.0. The highest BCUT2D eigenvalue weighted by molar-refractivity contribution is 7.90. The zero-order valence-electron chi connectivity index (χ0n) is 13.0. The molecule has 0 fully saturated rings. The molecule has 132 valence electrons. The molecule has 9 heteroatoms. The van der Waals surface area contributed by atoms with Gasteiger partial charge < -0.3 is 10.1 Å². The number of halogens is 2. The molecule has 2 aromatic rings. The fraction of sp³-hybridized carbons (Fsp3) is 0.125. The molecule has 25 heavy (non-hydrogen) atoms. The summed E-state index contributed by atoms with van der Waals surface area (Å²) in [4.78, 5) is 23.8. The maximum Gasteiger partial charge on any atom is 0.340 e. The van der Waals surface area contributed by atoms with E-state index in [1.807, 2.05) is 0 Å². The molecular weight excluding hydrogens is 389 g/mol. The number of hydrogen-bond donors (Lipinski definition) is 1. The van der Waals surface area contributed by atoms with Crippen molar-refractivity contribution in [2.24, 2.45) is 0 Å². The average Bonchev–Trinajstić information content (AvgIpc) is 2.54. The van der Waals surface area contributed by atoms with Crippen molar-refractivity contribution in [2.45, 2.75) is 4.90 Å². The first-order valence-electron chi connectivity index (χ1n) is 6.89. The van der Waals surface area contributed by atoms with Crippen LogP contribution in [-0.2, 0) is 19.4 Å². The summed E-state index contributed by atoms with van der Waals surface area (Å²) in [6, 6.07) is 10.0. The highest BCUT2D eigenvalue weighted by Gasteiger charge is 2.17. The molecule has 0 unspecified atom stereocenters. The van der Waals surface area contributed by atoms with Gasteiger partial charge in [0.25, 0.3) is 5.91 Å². The number of carbonyl (C=O) groups is 2. The van der Waals surface area contributed by atoms with E-state index in [2.05, 4.69) is 5.32 Å². The summed E-state index contributed by atoms with van der Waals surface area (Å²) < 4.78 is 28.0. The van der Waals surface area contributed by atoms with Crippen LogP contribution in [-0.4, -0.2) is 33.2 Å². The second-order valence-corrected chi connectivity index (χ2v) is 7.90. The molecule has 0 aromatic heterocycles. The quantitative estimate of drug-likeness (QED) is 0.776. The predicted molar refractivity (Wildman–Crippen MR) is 94.9 cm³/mol. The van der Waals surface area contributed by atoms with E-state index in [-0.39, 0.29) is 15.5 Å². The van der Waals surface area contributed by atoms with Crippen molar-refractivity contribution in [1.82, 2.24) is 0 Å². The normalized spacial score (nSPS) is 11.0. The van der Waals surface area contributed by atoms with E-state index >= 15 is 0 Å². The van der Waals surface area contributed by atoms with Crippen molar-refractivity contribution in [2.75, 3.05) is 18.2 Å². The number of benzene rings is 2. The Kier molecular flexibility index (Phi) is 6.05. The van der Waals surface area contributed by atoms with Crippen molar-refractivity contribution in [3.8, 4) is 0 Å². The summed E-state index contributed by atoms with van der Waals surface area (Å²) >= 11 is 11.6. The lowest BCUT2D eigenvalue weighted by molar-refractivity contribution is -0.119. The van der Waals surface area contributed by atoms with Gasteiger partial charge in [0.15, 0.2) is 16.4 Å². The summed E-state index contributed by atoms with van der Waals surface area (Å²) in [5, 5.41) is 3.06. The number of hydrogen-bond acceptors (Lipinski definition) is 5. The fourth-order valence-electron chi connectivity index (χ4n) is 1.83. The van der Waals surface area contributed by atoms with Gasteiger partial charge in [-0.1, -0.05) is 23.2 Å². The molecule has 0 heterocycles. The number of nitrogens with one attached hydrogen (secondary N) is 1. The standard InChI is InChI=1S/C16H13Cl2NO5S/c1-25(22,23)12-6-7-14(18)13(8-12)16(21)24-9-15(20)19-11-4-2-10(17)3-5-11/h2-8H,9H2,1H3,(H,19,20). The van der Waals surface area contributed by atoms with Crippen LogP contribution in [0.1, 0.15) is 10.4 Å². The molecule has 2 rings (SSSR count). The van der Waals surface area contributed by atoms with Gasteiger partial charge in [-0.2, -0.15) is 0 Å². The number of carbonyl (C=O) groups excluding carboxylic acids is 2. The van der Waals surface area contributed by atoms with E-state index in [0.717, 1.165) is 12.3 Å². The fourth-order valence-corrected chi connectivity index (χ4v) is 2.80. The molecular formula is C16H13Cl2NO5S. The Balaban J connectivity index is 2.02. The van der Waals surface area contributed by atoms with Gasteiger partial charge in [0.05, 0.1) is 15.5 Å². The molecule has 1 N–H and O–H groups in total. The second kappa shape index (κ2) is 7.86. The van der Waals surface area contributed by atoms with Crippen LogP contribution in [0.4, 0.5) is 5.69 Å². The second-order valence-electron chi connectivity index (χ2n) is 5.05. The number of amides is 1. The molecule has 0 spiro atoms. The Bertz CT molecular complexity index is 911. The molecule has 0 aliphatic carbocycles. The lowest BCUT2D eigenvalue weighted by Gasteiger charge is -2.08. The molecule has 0 saturated carbocycles. The molecule has 0 radical (unpaired) electrons. The van der Waals surface area contributed by atoms with Gasteiger partial charge in [0.1, 0.15) is 0 Å². The largest absolute Gasteiger partial charge is 0.452 e. The summed E-state index contributed by atoms with van der Waals surface area (Å²) in [6.45, 7) is -0.555. The van der Waals surface area contributed by atoms with Crippen molar-refractivity contribution in [3.63, 3.8) is 0 Å². The van der Waals surface area contributed by atoms with Gasteiger partial charge in [0.2, 0.25) is 0 Å². The molecule has 0 saturated heterocycles. The van der Waals surface area contributed by atoms with E-state index in [1.54, 1.807) is 24.3 Å². The van der Waals surface area contributed by atoms with Crippen LogP contribution in [0.25, 0.3) is 0 Å². The van der Waals surface area contributed by atoms with Gasteiger partial charge in [-0.25, -0.2) is 13.2 Å². The monoisotopic (exact) mass is 401 g/mol. The third-order valence-electron chi connectivity index (χ3n) is 3.05. The van der Waals surface area contributed by atoms with Crippen molar-refractivity contribution in [3.05, 3.63) is 58.1 Å². The topological polar surface area (TPSA) is 89.5 Å². The minimum Gasteiger partial charge on any atom is -0.452 e. The van der Waals surface area contributed by atoms with Crippen LogP contribution >= 0.6 is 23.2 Å². The summed E-state index contributed by atoms with van der Waals surface area (Å²) in [5.41, 5.74) is 0.353. The zero-order chi connectivity index (χ0) is 18.6. The van der Waals surface area contributed by atoms with E-state index < -0.39 is 28.3 Å². The summed E-state index contributed by atoms with van der Waals surface area (Å²) in [7, 11) is -3.51. The van der Waals surface area contributed by atoms with Gasteiger partial charge in [-0.05, 0) is 42.5 Å². The Morgan fingerprint density at radius 1 is 1.08 bits per heavy atom. The molecule has 6 nitrogen and oxygen atoms in total. The minimum atomic E-state index is -3.51. The van der Waals surface area contributed by atoms with Crippen LogP contribution in [0.3, 0.4) is 0 Å². The van der Waals surface area contributed by atoms with E-state index in [4.69, 9.17) is 27.9 Å². The van der Waals surface area contributed by atoms with E-state index in [1.165, 1.54) is 12.1 Å². The van der Waals surface area contributed by atoms with E-state index in [0.29, 0.717) is 10.7 Å². The van der Waals surface area contributed by atoms with Crippen LogP contribution in [0, 0.1) is 0 Å². The first-order chi connectivity index (χ1) is 11.7. The highest BCUT2D eigenvalue weighted by atomic mass is 35.5. The average molecular weight is 402 g/mol. The first-order valence-corrected chi connectivity index (χ1v) is 9.54. The summed E-state index contributed by atoms with van der Waals surface area (Å²) in [5.74, 6) is -1.46. The number of esters is 1. The van der Waals surface area contributed by atoms with Gasteiger partial charge in [-0.15, -0.1) is 0 Å². The molecule has 2 aromatic carbocycles. The maximum absolute atomic E-state index is 12.0. The van der Waals surface area contributed by atoms with Crippen LogP contribution in [0.5, 0.6) is 0 Å². The molecule has 0 aliphatic heterocycles. The lowest BCUT2D eigenvalue weighted by Crippen LogP contribution is -2.21. The van der Waals surface area contributed by atoms with E-state index in [9.17, 15) is 18.0 Å². The Morgan fingerprint density at radius 3 is 2.32 bits per heavy atom. The Hall–Kier alpha value is -2.09. The van der Waals surface area contributed by atoms with Gasteiger partial charge in [-0.3, -0.25) is 4.79 Å². The number of ether oxygens (including phenoxy) is 1. The first kappa shape index (κ1) is 19.2. The van der Waals surface area contributed by atoms with Gasteiger partial charge >= 0.3 is 5.97 Å². The number of sulfone groups is 1. The van der Waals surface area contributed by atoms with Crippen molar-refractivity contribution >= 4 is 50.6 Å². The van der Waals surface area contributed by atoms with Crippen LogP contribution in [0.15, 0.2) is 47.4 Å². The molecule has 0 bridgehead atoms. The van der Waals surface area contributed by atoms with Crippen molar-refractivity contribution in [1.29, 1.82) is 0 Å². The van der Waals surface area contributed by atoms with Crippen molar-refractivity contribution < 1.29 is 22.7 Å². The molecule has 1 amide bonds. The lowest BCUT2D eigenvalue weighted by atomic mass is 10.2. The third kappa shape index (κ3) is 5.45. The zero-order valence-corrected chi connectivity index (χ0v) is 15.3. The smallest absolute Gasteiger partial charge is 0.340 e. The predicted octanol–water partition coefficient (Wildman–Crippen LogP) is 3.19.